The molecule has 3 rings (SSSR count). The largest absolute Gasteiger partial charge is 0.444 e. The second-order valence-electron chi connectivity index (χ2n) is 7.35. The summed E-state index contributed by atoms with van der Waals surface area (Å²) in [7, 11) is 0. The SMILES string of the molecule is CC(C)(C)OC(=O)N1CCC(NCc2nc(-c3ccccn3)no2)CC1. The van der Waals surface area contributed by atoms with E-state index in [4.69, 9.17) is 9.26 Å². The minimum Gasteiger partial charge on any atom is -0.444 e. The molecule has 0 radical (unpaired) electrons. The van der Waals surface area contributed by atoms with Gasteiger partial charge in [-0.2, -0.15) is 4.98 Å². The number of amides is 1. The minimum atomic E-state index is -0.463. The Morgan fingerprint density at radius 1 is 1.35 bits per heavy atom. The summed E-state index contributed by atoms with van der Waals surface area (Å²) in [6, 6.07) is 5.87. The number of carbonyl (C=O) groups excluding carboxylic acids is 1. The molecule has 1 N–H and O–H groups in total. The minimum absolute atomic E-state index is 0.243. The van der Waals surface area contributed by atoms with Crippen LogP contribution in [-0.4, -0.2) is 50.9 Å². The van der Waals surface area contributed by atoms with Crippen LogP contribution in [0.5, 0.6) is 0 Å². The van der Waals surface area contributed by atoms with Gasteiger partial charge in [-0.3, -0.25) is 4.98 Å². The Bertz CT molecular complexity index is 718. The molecule has 0 atom stereocenters. The van der Waals surface area contributed by atoms with Gasteiger partial charge in [0.25, 0.3) is 0 Å². The molecular weight excluding hydrogens is 334 g/mol. The quantitative estimate of drug-likeness (QED) is 0.897. The van der Waals surface area contributed by atoms with Crippen LogP contribution in [0.3, 0.4) is 0 Å². The van der Waals surface area contributed by atoms with E-state index >= 15 is 0 Å². The van der Waals surface area contributed by atoms with Crippen LogP contribution in [0.4, 0.5) is 4.79 Å². The first kappa shape index (κ1) is 18.3. The van der Waals surface area contributed by atoms with Crippen molar-refractivity contribution in [3.63, 3.8) is 0 Å². The molecule has 1 aliphatic heterocycles. The van der Waals surface area contributed by atoms with Crippen molar-refractivity contribution in [1.82, 2.24) is 25.3 Å². The van der Waals surface area contributed by atoms with E-state index in [1.54, 1.807) is 11.1 Å². The fraction of sp³-hybridized carbons (Fsp3) is 0.556. The van der Waals surface area contributed by atoms with Gasteiger partial charge in [-0.1, -0.05) is 11.2 Å². The van der Waals surface area contributed by atoms with E-state index in [0.717, 1.165) is 12.8 Å². The first-order chi connectivity index (χ1) is 12.4. The van der Waals surface area contributed by atoms with Crippen LogP contribution in [0.15, 0.2) is 28.9 Å². The molecule has 1 amide bonds. The van der Waals surface area contributed by atoms with Gasteiger partial charge < -0.3 is 19.5 Å². The summed E-state index contributed by atoms with van der Waals surface area (Å²) >= 11 is 0. The maximum atomic E-state index is 12.1. The number of ether oxygens (including phenoxy) is 1. The molecule has 0 aliphatic carbocycles. The lowest BCUT2D eigenvalue weighted by Crippen LogP contribution is -2.46. The number of likely N-dealkylation sites (tertiary alicyclic amines) is 1. The molecule has 8 nitrogen and oxygen atoms in total. The molecule has 2 aromatic rings. The molecule has 8 heteroatoms. The normalized spacial score (nSPS) is 15.9. The van der Waals surface area contributed by atoms with E-state index in [2.05, 4.69) is 20.4 Å². The Kier molecular flexibility index (Phi) is 5.51. The highest BCUT2D eigenvalue weighted by molar-refractivity contribution is 5.68. The number of nitrogens with zero attached hydrogens (tertiary/aromatic N) is 4. The zero-order chi connectivity index (χ0) is 18.6. The molecule has 26 heavy (non-hydrogen) atoms. The van der Waals surface area contributed by atoms with Crippen LogP contribution in [-0.2, 0) is 11.3 Å². The highest BCUT2D eigenvalue weighted by atomic mass is 16.6. The zero-order valence-electron chi connectivity index (χ0n) is 15.4. The molecule has 140 valence electrons. The number of pyridine rings is 1. The monoisotopic (exact) mass is 359 g/mol. The number of nitrogens with one attached hydrogen (secondary N) is 1. The van der Waals surface area contributed by atoms with Gasteiger partial charge in [0, 0.05) is 25.3 Å². The Balaban J connectivity index is 1.44. The second-order valence-corrected chi connectivity index (χ2v) is 7.35. The van der Waals surface area contributed by atoms with Crippen molar-refractivity contribution < 1.29 is 14.1 Å². The highest BCUT2D eigenvalue weighted by Gasteiger charge is 2.26. The van der Waals surface area contributed by atoms with Gasteiger partial charge in [-0.15, -0.1) is 0 Å². The van der Waals surface area contributed by atoms with Crippen LogP contribution < -0.4 is 5.32 Å². The van der Waals surface area contributed by atoms with Gasteiger partial charge >= 0.3 is 6.09 Å². The molecule has 3 heterocycles. The number of rotatable bonds is 4. The predicted molar refractivity (Wildman–Crippen MR) is 95.2 cm³/mol. The van der Waals surface area contributed by atoms with Crippen molar-refractivity contribution in [1.29, 1.82) is 0 Å². The van der Waals surface area contributed by atoms with E-state index in [9.17, 15) is 4.79 Å². The number of hydrogen-bond donors (Lipinski definition) is 1. The van der Waals surface area contributed by atoms with Crippen molar-refractivity contribution in [3.05, 3.63) is 30.3 Å². The highest BCUT2D eigenvalue weighted by Crippen LogP contribution is 2.16. The lowest BCUT2D eigenvalue weighted by atomic mass is 10.1. The van der Waals surface area contributed by atoms with Crippen molar-refractivity contribution in [2.45, 2.75) is 51.8 Å². The molecule has 0 aromatic carbocycles. The Morgan fingerprint density at radius 3 is 2.77 bits per heavy atom. The van der Waals surface area contributed by atoms with E-state index < -0.39 is 5.60 Å². The molecule has 2 aromatic heterocycles. The van der Waals surface area contributed by atoms with E-state index in [1.165, 1.54) is 0 Å². The fourth-order valence-electron chi connectivity index (χ4n) is 2.75. The van der Waals surface area contributed by atoms with Gasteiger partial charge in [-0.05, 0) is 45.7 Å². The summed E-state index contributed by atoms with van der Waals surface area (Å²) < 4.78 is 10.7. The maximum absolute atomic E-state index is 12.1. The van der Waals surface area contributed by atoms with E-state index in [1.807, 2.05) is 39.0 Å². The molecule has 1 aliphatic rings. The summed E-state index contributed by atoms with van der Waals surface area (Å²) in [5.74, 6) is 1.02. The third-order valence-corrected chi connectivity index (χ3v) is 4.05. The molecule has 1 fully saturated rings. The van der Waals surface area contributed by atoms with Crippen molar-refractivity contribution in [2.24, 2.45) is 0 Å². The van der Waals surface area contributed by atoms with Crippen molar-refractivity contribution in [3.8, 4) is 11.5 Å². The fourth-order valence-corrected chi connectivity index (χ4v) is 2.75. The zero-order valence-corrected chi connectivity index (χ0v) is 15.4. The first-order valence-corrected chi connectivity index (χ1v) is 8.86. The third kappa shape index (κ3) is 5.01. The Hall–Kier alpha value is -2.48. The smallest absolute Gasteiger partial charge is 0.410 e. The molecule has 0 spiro atoms. The number of piperidine rings is 1. The average Bonchev–Trinajstić information content (AvgIpc) is 3.09. The maximum Gasteiger partial charge on any atom is 0.410 e. The van der Waals surface area contributed by atoms with Gasteiger partial charge in [0.2, 0.25) is 11.7 Å². The van der Waals surface area contributed by atoms with Crippen LogP contribution in [0.1, 0.15) is 39.5 Å². The molecule has 0 unspecified atom stereocenters. The standard InChI is InChI=1S/C18H25N5O3/c1-18(2,3)25-17(24)23-10-7-13(8-11-23)20-12-15-21-16(22-26-15)14-6-4-5-9-19-14/h4-6,9,13,20H,7-8,10-12H2,1-3H3. The van der Waals surface area contributed by atoms with E-state index in [-0.39, 0.29) is 6.09 Å². The molecular formula is C18H25N5O3. The molecule has 0 saturated carbocycles. The van der Waals surface area contributed by atoms with Crippen LogP contribution in [0.25, 0.3) is 11.5 Å². The van der Waals surface area contributed by atoms with Crippen LogP contribution in [0, 0.1) is 0 Å². The Labute approximate surface area is 152 Å². The average molecular weight is 359 g/mol. The number of carbonyl (C=O) groups is 1. The predicted octanol–water partition coefficient (Wildman–Crippen LogP) is 2.62. The van der Waals surface area contributed by atoms with Crippen LogP contribution >= 0.6 is 0 Å². The third-order valence-electron chi connectivity index (χ3n) is 4.05. The van der Waals surface area contributed by atoms with Gasteiger partial charge in [-0.25, -0.2) is 4.79 Å². The summed E-state index contributed by atoms with van der Waals surface area (Å²) in [6.07, 6.45) is 3.18. The second kappa shape index (κ2) is 7.82. The number of hydrogen-bond acceptors (Lipinski definition) is 7. The first-order valence-electron chi connectivity index (χ1n) is 8.86. The van der Waals surface area contributed by atoms with Gasteiger partial charge in [0.1, 0.15) is 11.3 Å². The molecule has 0 bridgehead atoms. The summed E-state index contributed by atoms with van der Waals surface area (Å²) in [6.45, 7) is 7.48. The lowest BCUT2D eigenvalue weighted by Gasteiger charge is -2.33. The summed E-state index contributed by atoms with van der Waals surface area (Å²) in [5.41, 5.74) is 0.225. The Morgan fingerprint density at radius 2 is 2.12 bits per heavy atom. The topological polar surface area (TPSA) is 93.4 Å². The lowest BCUT2D eigenvalue weighted by molar-refractivity contribution is 0.0197. The van der Waals surface area contributed by atoms with Crippen molar-refractivity contribution >= 4 is 6.09 Å². The summed E-state index contributed by atoms with van der Waals surface area (Å²) in [4.78, 5) is 22.4. The summed E-state index contributed by atoms with van der Waals surface area (Å²) in [5, 5.41) is 7.38. The van der Waals surface area contributed by atoms with Gasteiger partial charge in [0.15, 0.2) is 0 Å². The van der Waals surface area contributed by atoms with Gasteiger partial charge in [0.05, 0.1) is 6.54 Å². The van der Waals surface area contributed by atoms with Crippen molar-refractivity contribution in [2.75, 3.05) is 13.1 Å². The molecule has 1 saturated heterocycles. The van der Waals surface area contributed by atoms with E-state index in [0.29, 0.717) is 43.1 Å². The van der Waals surface area contributed by atoms with Crippen LogP contribution in [0.2, 0.25) is 0 Å². The number of aromatic nitrogens is 3.